The van der Waals surface area contributed by atoms with Gasteiger partial charge in [-0.3, -0.25) is 9.59 Å². The summed E-state index contributed by atoms with van der Waals surface area (Å²) >= 11 is 12.4. The molecule has 0 bridgehead atoms. The third-order valence-electron chi connectivity index (χ3n) is 5.62. The van der Waals surface area contributed by atoms with Gasteiger partial charge in [0.2, 0.25) is 5.91 Å². The maximum atomic E-state index is 12.7. The van der Waals surface area contributed by atoms with Crippen LogP contribution in [0.15, 0.2) is 36.5 Å². The molecule has 0 saturated carbocycles. The Hall–Kier alpha value is -2.31. The number of halogens is 2. The Labute approximate surface area is 186 Å². The molecular weight excluding hydrogens is 423 g/mol. The number of pyridine rings is 1. The van der Waals surface area contributed by atoms with Crippen molar-refractivity contribution in [2.24, 2.45) is 0 Å². The van der Waals surface area contributed by atoms with Gasteiger partial charge in [-0.05, 0) is 43.0 Å². The summed E-state index contributed by atoms with van der Waals surface area (Å²) in [5, 5.41) is 1.08. The fraction of sp³-hybridized carbons (Fsp3) is 0.409. The second-order valence-corrected chi connectivity index (χ2v) is 8.59. The van der Waals surface area contributed by atoms with Gasteiger partial charge in [-0.1, -0.05) is 35.3 Å². The Morgan fingerprint density at radius 3 is 2.40 bits per heavy atom. The molecular formula is C22H24Cl2N4O2. The Morgan fingerprint density at radius 1 is 1.00 bits per heavy atom. The number of piperazine rings is 1. The van der Waals surface area contributed by atoms with Crippen molar-refractivity contribution in [1.29, 1.82) is 0 Å². The molecule has 0 spiro atoms. The van der Waals surface area contributed by atoms with Crippen LogP contribution in [0.1, 0.15) is 35.2 Å². The van der Waals surface area contributed by atoms with Crippen molar-refractivity contribution in [3.63, 3.8) is 0 Å². The van der Waals surface area contributed by atoms with Crippen LogP contribution in [0.5, 0.6) is 0 Å². The van der Waals surface area contributed by atoms with Crippen LogP contribution in [0.25, 0.3) is 0 Å². The van der Waals surface area contributed by atoms with Crippen molar-refractivity contribution in [3.05, 3.63) is 57.7 Å². The van der Waals surface area contributed by atoms with Crippen LogP contribution >= 0.6 is 23.2 Å². The molecule has 2 fully saturated rings. The van der Waals surface area contributed by atoms with Crippen molar-refractivity contribution in [2.45, 2.75) is 25.8 Å². The molecule has 0 radical (unpaired) electrons. The first-order valence-corrected chi connectivity index (χ1v) is 11.0. The number of carbonyl (C=O) groups is 2. The van der Waals surface area contributed by atoms with E-state index >= 15 is 0 Å². The highest BCUT2D eigenvalue weighted by Crippen LogP contribution is 2.27. The number of aromatic nitrogens is 1. The third-order valence-corrected chi connectivity index (χ3v) is 6.15. The first-order chi connectivity index (χ1) is 14.5. The molecule has 2 aromatic rings. The van der Waals surface area contributed by atoms with Gasteiger partial charge in [0, 0.05) is 43.9 Å². The molecule has 0 unspecified atom stereocenters. The smallest absolute Gasteiger partial charge is 0.255 e. The summed E-state index contributed by atoms with van der Waals surface area (Å²) in [6.07, 6.45) is 4.81. The van der Waals surface area contributed by atoms with Crippen molar-refractivity contribution in [2.75, 3.05) is 37.6 Å². The quantitative estimate of drug-likeness (QED) is 0.715. The summed E-state index contributed by atoms with van der Waals surface area (Å²) < 4.78 is 0. The highest BCUT2D eigenvalue weighted by Gasteiger charge is 2.27. The predicted octanol–water partition coefficient (Wildman–Crippen LogP) is 3.86. The zero-order chi connectivity index (χ0) is 21.1. The monoisotopic (exact) mass is 446 g/mol. The lowest BCUT2D eigenvalue weighted by molar-refractivity contribution is -0.131. The minimum atomic E-state index is -0.0282. The average molecular weight is 447 g/mol. The van der Waals surface area contributed by atoms with E-state index in [4.69, 9.17) is 23.2 Å². The number of piperidine rings is 1. The molecule has 2 amide bonds. The van der Waals surface area contributed by atoms with E-state index in [9.17, 15) is 9.59 Å². The largest absolute Gasteiger partial charge is 0.344 e. The van der Waals surface area contributed by atoms with Crippen molar-refractivity contribution in [3.8, 4) is 0 Å². The fourth-order valence-electron chi connectivity index (χ4n) is 3.93. The van der Waals surface area contributed by atoms with Gasteiger partial charge in [0.1, 0.15) is 5.82 Å². The number of hydrogen-bond donors (Lipinski definition) is 0. The lowest BCUT2D eigenvalue weighted by Crippen LogP contribution is -2.50. The number of nitrogens with zero attached hydrogens (tertiary/aromatic N) is 4. The van der Waals surface area contributed by atoms with Crippen molar-refractivity contribution >= 4 is 40.8 Å². The number of likely N-dealkylation sites (tertiary alicyclic amines) is 1. The summed E-state index contributed by atoms with van der Waals surface area (Å²) in [6.45, 7) is 3.53. The Kier molecular flexibility index (Phi) is 6.44. The molecule has 2 aliphatic heterocycles. The normalized spacial score (nSPS) is 17.4. The van der Waals surface area contributed by atoms with E-state index in [1.54, 1.807) is 12.3 Å². The molecule has 0 aliphatic carbocycles. The molecule has 158 valence electrons. The molecule has 8 heteroatoms. The van der Waals surface area contributed by atoms with Gasteiger partial charge in [-0.25, -0.2) is 4.98 Å². The zero-order valence-electron chi connectivity index (χ0n) is 16.7. The SMILES string of the molecule is O=C1CN(c2ncc(C(=O)N3CCCCC3)cc2Cl)CCN1Cc1ccc(Cl)cc1. The van der Waals surface area contributed by atoms with Crippen molar-refractivity contribution < 1.29 is 9.59 Å². The van der Waals surface area contributed by atoms with E-state index in [2.05, 4.69) is 4.98 Å². The third kappa shape index (κ3) is 4.71. The standard InChI is InChI=1S/C22H24Cl2N4O2/c23-18-6-4-16(5-7-18)14-27-10-11-28(15-20(27)29)21-19(24)12-17(13-25-21)22(30)26-8-2-1-3-9-26/h4-7,12-13H,1-3,8-11,14-15H2. The minimum absolute atomic E-state index is 0.0162. The number of rotatable bonds is 4. The summed E-state index contributed by atoms with van der Waals surface area (Å²) in [5.74, 6) is 0.536. The summed E-state index contributed by atoms with van der Waals surface area (Å²) in [7, 11) is 0. The van der Waals surface area contributed by atoms with Gasteiger partial charge in [0.25, 0.3) is 5.91 Å². The number of benzene rings is 1. The second kappa shape index (κ2) is 9.23. The zero-order valence-corrected chi connectivity index (χ0v) is 18.2. The van der Waals surface area contributed by atoms with E-state index in [1.165, 1.54) is 6.42 Å². The van der Waals surface area contributed by atoms with Crippen LogP contribution in [0.3, 0.4) is 0 Å². The van der Waals surface area contributed by atoms with Crippen LogP contribution in [-0.4, -0.2) is 59.3 Å². The van der Waals surface area contributed by atoms with Gasteiger partial charge in [0.15, 0.2) is 0 Å². The Balaban J connectivity index is 1.40. The summed E-state index contributed by atoms with van der Waals surface area (Å²) in [5.41, 5.74) is 1.54. The van der Waals surface area contributed by atoms with Gasteiger partial charge < -0.3 is 14.7 Å². The lowest BCUT2D eigenvalue weighted by atomic mass is 10.1. The Morgan fingerprint density at radius 2 is 1.73 bits per heavy atom. The van der Waals surface area contributed by atoms with Crippen LogP contribution in [0.4, 0.5) is 5.82 Å². The molecule has 2 saturated heterocycles. The molecule has 1 aromatic heterocycles. The van der Waals surface area contributed by atoms with Gasteiger partial charge in [-0.15, -0.1) is 0 Å². The van der Waals surface area contributed by atoms with Gasteiger partial charge >= 0.3 is 0 Å². The molecule has 1 aromatic carbocycles. The Bertz CT molecular complexity index is 929. The van der Waals surface area contributed by atoms with Crippen LogP contribution in [0, 0.1) is 0 Å². The lowest BCUT2D eigenvalue weighted by Gasteiger charge is -2.35. The molecule has 0 N–H and O–H groups in total. The molecule has 30 heavy (non-hydrogen) atoms. The predicted molar refractivity (Wildman–Crippen MR) is 118 cm³/mol. The topological polar surface area (TPSA) is 56.8 Å². The van der Waals surface area contributed by atoms with E-state index in [-0.39, 0.29) is 18.4 Å². The van der Waals surface area contributed by atoms with Crippen LogP contribution in [-0.2, 0) is 11.3 Å². The number of amides is 2. The highest BCUT2D eigenvalue weighted by atomic mass is 35.5. The van der Waals surface area contributed by atoms with E-state index < -0.39 is 0 Å². The maximum absolute atomic E-state index is 12.7. The van der Waals surface area contributed by atoms with Crippen LogP contribution < -0.4 is 4.90 Å². The molecule has 4 rings (SSSR count). The first-order valence-electron chi connectivity index (χ1n) is 10.2. The highest BCUT2D eigenvalue weighted by molar-refractivity contribution is 6.33. The van der Waals surface area contributed by atoms with Crippen molar-refractivity contribution in [1.82, 2.24) is 14.8 Å². The number of anilines is 1. The molecule has 3 heterocycles. The fourth-order valence-corrected chi connectivity index (χ4v) is 4.34. The number of carbonyl (C=O) groups excluding carboxylic acids is 2. The summed E-state index contributed by atoms with van der Waals surface area (Å²) in [4.78, 5) is 35.3. The summed E-state index contributed by atoms with van der Waals surface area (Å²) in [6, 6.07) is 9.18. The van der Waals surface area contributed by atoms with Crippen LogP contribution in [0.2, 0.25) is 10.0 Å². The maximum Gasteiger partial charge on any atom is 0.255 e. The average Bonchev–Trinajstić information content (AvgIpc) is 2.77. The van der Waals surface area contributed by atoms with E-state index in [0.717, 1.165) is 31.5 Å². The second-order valence-electron chi connectivity index (χ2n) is 7.75. The first kappa shape index (κ1) is 20.9. The molecule has 6 nitrogen and oxygen atoms in total. The molecule has 0 atom stereocenters. The van der Waals surface area contributed by atoms with Gasteiger partial charge in [-0.2, -0.15) is 0 Å². The van der Waals surface area contributed by atoms with E-state index in [0.29, 0.717) is 41.1 Å². The molecule has 2 aliphatic rings. The minimum Gasteiger partial charge on any atom is -0.344 e. The van der Waals surface area contributed by atoms with E-state index in [1.807, 2.05) is 39.0 Å². The number of hydrogen-bond acceptors (Lipinski definition) is 4. The van der Waals surface area contributed by atoms with Gasteiger partial charge in [0.05, 0.1) is 17.1 Å².